The predicted molar refractivity (Wildman–Crippen MR) is 81.7 cm³/mol. The van der Waals surface area contributed by atoms with E-state index in [1.165, 1.54) is 24.4 Å². The Kier molecular flexibility index (Phi) is 4.26. The first-order chi connectivity index (χ1) is 9.44. The van der Waals surface area contributed by atoms with Crippen molar-refractivity contribution in [3.63, 3.8) is 0 Å². The summed E-state index contributed by atoms with van der Waals surface area (Å²) in [6.45, 7) is 0. The number of rotatable bonds is 4. The Balaban J connectivity index is 2.11. The van der Waals surface area contributed by atoms with Gasteiger partial charge in [-0.1, -0.05) is 23.7 Å². The Morgan fingerprint density at radius 2 is 1.85 bits per heavy atom. The van der Waals surface area contributed by atoms with E-state index in [0.29, 0.717) is 16.5 Å². The summed E-state index contributed by atoms with van der Waals surface area (Å²) in [7, 11) is -3.60. The highest BCUT2D eigenvalue weighted by molar-refractivity contribution is 7.95. The average molecular weight is 310 g/mol. The lowest BCUT2D eigenvalue weighted by Gasteiger charge is -2.03. The van der Waals surface area contributed by atoms with Crippen molar-refractivity contribution in [1.29, 1.82) is 0 Å². The van der Waals surface area contributed by atoms with Crippen LogP contribution < -0.4 is 10.5 Å². The lowest BCUT2D eigenvalue weighted by molar-refractivity contribution is 0.609. The van der Waals surface area contributed by atoms with E-state index in [0.717, 1.165) is 11.0 Å². The van der Waals surface area contributed by atoms with E-state index >= 15 is 0 Å². The molecule has 0 unspecified atom stereocenters. The molecule has 0 amide bonds. The number of nitrogen functional groups attached to an aromatic ring is 1. The maximum absolute atomic E-state index is 11.8. The number of benzene rings is 1. The van der Waals surface area contributed by atoms with Crippen LogP contribution in [0.25, 0.3) is 6.08 Å². The molecule has 0 saturated carbocycles. The number of pyridine rings is 1. The number of halogens is 1. The summed E-state index contributed by atoms with van der Waals surface area (Å²) in [5.74, 6) is 0.324. The van der Waals surface area contributed by atoms with Gasteiger partial charge in [0.1, 0.15) is 5.82 Å². The molecule has 0 atom stereocenters. The fraction of sp³-hybridized carbons (Fsp3) is 0. The number of aromatic nitrogens is 1. The van der Waals surface area contributed by atoms with Crippen LogP contribution in [0.15, 0.2) is 48.0 Å². The highest BCUT2D eigenvalue weighted by atomic mass is 35.5. The molecule has 0 aliphatic rings. The Morgan fingerprint density at radius 3 is 2.45 bits per heavy atom. The predicted octanol–water partition coefficient (Wildman–Crippen LogP) is 2.73. The largest absolute Gasteiger partial charge is 0.384 e. The summed E-state index contributed by atoms with van der Waals surface area (Å²) >= 11 is 5.75. The van der Waals surface area contributed by atoms with Crippen LogP contribution in [0.2, 0.25) is 5.02 Å². The zero-order valence-electron chi connectivity index (χ0n) is 10.3. The third-order valence-corrected chi connectivity index (χ3v) is 3.62. The molecule has 7 heteroatoms. The number of anilines is 2. The van der Waals surface area contributed by atoms with Crippen molar-refractivity contribution < 1.29 is 8.42 Å². The first kappa shape index (κ1) is 14.4. The number of nitrogens with one attached hydrogen (secondary N) is 1. The van der Waals surface area contributed by atoms with Gasteiger partial charge in [-0.25, -0.2) is 13.4 Å². The lowest BCUT2D eigenvalue weighted by atomic mass is 10.2. The maximum atomic E-state index is 11.8. The molecule has 1 heterocycles. The quantitative estimate of drug-likeness (QED) is 0.909. The van der Waals surface area contributed by atoms with Gasteiger partial charge in [0.15, 0.2) is 0 Å². The molecule has 0 bridgehead atoms. The van der Waals surface area contributed by atoms with E-state index in [1.54, 1.807) is 24.3 Å². The minimum Gasteiger partial charge on any atom is -0.384 e. The van der Waals surface area contributed by atoms with Crippen molar-refractivity contribution in [1.82, 2.24) is 4.98 Å². The molecule has 1 aromatic carbocycles. The number of hydrogen-bond acceptors (Lipinski definition) is 4. The molecule has 0 aliphatic heterocycles. The highest BCUT2D eigenvalue weighted by Gasteiger charge is 2.05. The number of sulfonamides is 1. The van der Waals surface area contributed by atoms with Gasteiger partial charge in [0.2, 0.25) is 0 Å². The molecular weight excluding hydrogens is 298 g/mol. The fourth-order valence-electron chi connectivity index (χ4n) is 1.41. The summed E-state index contributed by atoms with van der Waals surface area (Å²) in [6.07, 6.45) is 2.83. The highest BCUT2D eigenvalue weighted by Crippen LogP contribution is 2.13. The van der Waals surface area contributed by atoms with Crippen LogP contribution in [0.1, 0.15) is 5.56 Å². The zero-order chi connectivity index (χ0) is 14.6. The lowest BCUT2D eigenvalue weighted by Crippen LogP contribution is -2.09. The third kappa shape index (κ3) is 4.25. The zero-order valence-corrected chi connectivity index (χ0v) is 11.9. The molecule has 2 aromatic rings. The fourth-order valence-corrected chi connectivity index (χ4v) is 2.39. The summed E-state index contributed by atoms with van der Waals surface area (Å²) < 4.78 is 26.1. The molecule has 0 saturated heterocycles. The van der Waals surface area contributed by atoms with E-state index in [-0.39, 0.29) is 0 Å². The van der Waals surface area contributed by atoms with Crippen molar-refractivity contribution in [2.45, 2.75) is 0 Å². The van der Waals surface area contributed by atoms with E-state index in [1.807, 2.05) is 0 Å². The van der Waals surface area contributed by atoms with Gasteiger partial charge in [-0.3, -0.25) is 4.72 Å². The van der Waals surface area contributed by atoms with E-state index in [9.17, 15) is 8.42 Å². The number of hydrogen-bond donors (Lipinski definition) is 2. The van der Waals surface area contributed by atoms with E-state index in [2.05, 4.69) is 9.71 Å². The van der Waals surface area contributed by atoms with Crippen LogP contribution in [0, 0.1) is 0 Å². The summed E-state index contributed by atoms with van der Waals surface area (Å²) in [6, 6.07) is 9.87. The summed E-state index contributed by atoms with van der Waals surface area (Å²) in [5, 5.41) is 1.67. The van der Waals surface area contributed by atoms with E-state index in [4.69, 9.17) is 17.3 Å². The van der Waals surface area contributed by atoms with Gasteiger partial charge >= 0.3 is 0 Å². The van der Waals surface area contributed by atoms with Gasteiger partial charge in [-0.2, -0.15) is 0 Å². The van der Waals surface area contributed by atoms with Crippen molar-refractivity contribution in [3.8, 4) is 0 Å². The van der Waals surface area contributed by atoms with Gasteiger partial charge < -0.3 is 5.73 Å². The Morgan fingerprint density at radius 1 is 1.15 bits per heavy atom. The first-order valence-corrected chi connectivity index (χ1v) is 7.55. The molecule has 0 fully saturated rings. The normalized spacial score (nSPS) is 11.7. The van der Waals surface area contributed by atoms with Crippen molar-refractivity contribution in [2.75, 3.05) is 10.5 Å². The van der Waals surface area contributed by atoms with Gasteiger partial charge in [-0.05, 0) is 35.9 Å². The van der Waals surface area contributed by atoms with Crippen LogP contribution in [-0.4, -0.2) is 13.4 Å². The summed E-state index contributed by atoms with van der Waals surface area (Å²) in [5.41, 5.74) is 6.50. The molecule has 20 heavy (non-hydrogen) atoms. The second kappa shape index (κ2) is 5.94. The van der Waals surface area contributed by atoms with Crippen LogP contribution in [0.3, 0.4) is 0 Å². The molecule has 104 valence electrons. The van der Waals surface area contributed by atoms with Crippen LogP contribution in [0.4, 0.5) is 11.5 Å². The standard InChI is InChI=1S/C13H12ClN3O2S/c14-11-3-1-10(2-4-11)7-8-20(18,19)17-12-5-6-13(15)16-9-12/h1-9,17H,(H2,15,16). The minimum absolute atomic E-state index is 0.324. The Labute approximate surface area is 122 Å². The van der Waals surface area contributed by atoms with Crippen molar-refractivity contribution >= 4 is 39.2 Å². The Bertz CT molecular complexity index is 710. The number of nitrogens with zero attached hydrogens (tertiary/aromatic N) is 1. The van der Waals surface area contributed by atoms with Crippen molar-refractivity contribution in [2.24, 2.45) is 0 Å². The van der Waals surface area contributed by atoms with Crippen LogP contribution in [0.5, 0.6) is 0 Å². The second-order valence-corrected chi connectivity index (χ2v) is 5.98. The monoisotopic (exact) mass is 309 g/mol. The summed E-state index contributed by atoms with van der Waals surface area (Å²) in [4.78, 5) is 3.80. The van der Waals surface area contributed by atoms with E-state index < -0.39 is 10.0 Å². The SMILES string of the molecule is Nc1ccc(NS(=O)(=O)C=Cc2ccc(Cl)cc2)cn1. The van der Waals surface area contributed by atoms with Gasteiger partial charge in [0.25, 0.3) is 10.0 Å². The molecule has 0 spiro atoms. The van der Waals surface area contributed by atoms with Gasteiger partial charge in [-0.15, -0.1) is 0 Å². The van der Waals surface area contributed by atoms with Crippen molar-refractivity contribution in [3.05, 3.63) is 58.6 Å². The minimum atomic E-state index is -3.60. The Hall–Kier alpha value is -2.05. The third-order valence-electron chi connectivity index (χ3n) is 2.36. The topological polar surface area (TPSA) is 85.1 Å². The average Bonchev–Trinajstić information content (AvgIpc) is 2.41. The maximum Gasteiger partial charge on any atom is 0.255 e. The molecule has 0 radical (unpaired) electrons. The van der Waals surface area contributed by atoms with Crippen LogP contribution >= 0.6 is 11.6 Å². The second-order valence-electron chi connectivity index (χ2n) is 3.97. The molecule has 3 N–H and O–H groups in total. The molecular formula is C13H12ClN3O2S. The molecule has 1 aromatic heterocycles. The molecule has 2 rings (SSSR count). The smallest absolute Gasteiger partial charge is 0.255 e. The molecule has 0 aliphatic carbocycles. The van der Waals surface area contributed by atoms with Crippen LogP contribution in [-0.2, 0) is 10.0 Å². The number of nitrogens with two attached hydrogens (primary N) is 1. The molecule has 5 nitrogen and oxygen atoms in total. The van der Waals surface area contributed by atoms with Gasteiger partial charge in [0.05, 0.1) is 17.3 Å². The van der Waals surface area contributed by atoms with Gasteiger partial charge in [0, 0.05) is 5.02 Å². The first-order valence-electron chi connectivity index (χ1n) is 5.63.